The summed E-state index contributed by atoms with van der Waals surface area (Å²) >= 11 is 0. The highest BCUT2D eigenvalue weighted by Gasteiger charge is 2.10. The van der Waals surface area contributed by atoms with Crippen LogP contribution >= 0.6 is 0 Å². The van der Waals surface area contributed by atoms with E-state index >= 15 is 0 Å². The quantitative estimate of drug-likeness (QED) is 0.774. The molecular weight excluding hydrogens is 204 g/mol. The summed E-state index contributed by atoms with van der Waals surface area (Å²) in [5.41, 5.74) is 1.85. The maximum absolute atomic E-state index is 10.9. The van der Waals surface area contributed by atoms with E-state index in [4.69, 9.17) is 11.5 Å². The lowest BCUT2D eigenvalue weighted by atomic mass is 10.1. The van der Waals surface area contributed by atoms with Crippen molar-refractivity contribution < 1.29 is 9.90 Å². The van der Waals surface area contributed by atoms with Crippen molar-refractivity contribution in [1.29, 1.82) is 0 Å². The molecule has 80 valence electrons. The minimum Gasteiger partial charge on any atom is -0.478 e. The van der Waals surface area contributed by atoms with Gasteiger partial charge in [0.2, 0.25) is 0 Å². The largest absolute Gasteiger partial charge is 0.478 e. The van der Waals surface area contributed by atoms with Crippen LogP contribution in [-0.2, 0) is 6.54 Å². The van der Waals surface area contributed by atoms with Gasteiger partial charge in [-0.25, -0.2) is 4.79 Å². The van der Waals surface area contributed by atoms with E-state index in [1.807, 2.05) is 6.92 Å². The second-order valence-corrected chi connectivity index (χ2v) is 3.48. The molecule has 0 unspecified atom stereocenters. The molecule has 16 heavy (non-hydrogen) atoms. The number of carbonyl (C=O) groups is 1. The highest BCUT2D eigenvalue weighted by molar-refractivity contribution is 5.93. The smallest absolute Gasteiger partial charge is 0.335 e. The summed E-state index contributed by atoms with van der Waals surface area (Å²) in [6, 6.07) is 4.92. The molecule has 0 amide bonds. The third kappa shape index (κ3) is 1.52. The van der Waals surface area contributed by atoms with E-state index in [0.29, 0.717) is 6.54 Å². The van der Waals surface area contributed by atoms with Crippen LogP contribution in [-0.4, -0.2) is 20.9 Å². The minimum absolute atomic E-state index is 0.241. The monoisotopic (exact) mass is 214 g/mol. The summed E-state index contributed by atoms with van der Waals surface area (Å²) < 4.78 is 1.64. The molecule has 2 rings (SSSR count). The van der Waals surface area contributed by atoms with Gasteiger partial charge in [0.25, 0.3) is 0 Å². The van der Waals surface area contributed by atoms with Gasteiger partial charge < -0.3 is 5.11 Å². The molecular formula is C12H10N2O2. The number of carboxylic acids is 1. The van der Waals surface area contributed by atoms with Gasteiger partial charge in [0, 0.05) is 5.39 Å². The van der Waals surface area contributed by atoms with Crippen molar-refractivity contribution in [1.82, 2.24) is 9.78 Å². The van der Waals surface area contributed by atoms with Crippen LogP contribution in [0.5, 0.6) is 0 Å². The second kappa shape index (κ2) is 3.70. The van der Waals surface area contributed by atoms with Gasteiger partial charge in [-0.15, -0.1) is 6.42 Å². The van der Waals surface area contributed by atoms with E-state index in [9.17, 15) is 4.79 Å². The minimum atomic E-state index is -0.951. The fraction of sp³-hybridized carbons (Fsp3) is 0.167. The Bertz CT molecular complexity index is 605. The summed E-state index contributed by atoms with van der Waals surface area (Å²) in [4.78, 5) is 10.9. The Morgan fingerprint density at radius 1 is 1.62 bits per heavy atom. The van der Waals surface area contributed by atoms with Crippen LogP contribution in [0, 0.1) is 19.3 Å². The number of nitrogens with zero attached hydrogens (tertiary/aromatic N) is 2. The molecule has 0 aliphatic rings. The van der Waals surface area contributed by atoms with Crippen LogP contribution in [0.4, 0.5) is 0 Å². The molecule has 0 aliphatic heterocycles. The van der Waals surface area contributed by atoms with E-state index in [2.05, 4.69) is 11.0 Å². The van der Waals surface area contributed by atoms with E-state index in [0.717, 1.165) is 16.6 Å². The molecule has 0 saturated heterocycles. The molecule has 1 N–H and O–H groups in total. The summed E-state index contributed by atoms with van der Waals surface area (Å²) in [5.74, 6) is 1.54. The average molecular weight is 214 g/mol. The Labute approximate surface area is 92.5 Å². The number of aromatic carboxylic acids is 1. The van der Waals surface area contributed by atoms with Crippen LogP contribution in [0.15, 0.2) is 18.2 Å². The number of rotatable bonds is 2. The van der Waals surface area contributed by atoms with Crippen LogP contribution in [0.3, 0.4) is 0 Å². The predicted molar refractivity (Wildman–Crippen MR) is 60.3 cm³/mol. The zero-order valence-corrected chi connectivity index (χ0v) is 8.77. The van der Waals surface area contributed by atoms with Crippen molar-refractivity contribution in [2.24, 2.45) is 0 Å². The first kappa shape index (κ1) is 10.2. The molecule has 1 aromatic heterocycles. The lowest BCUT2D eigenvalue weighted by Crippen LogP contribution is -2.00. The van der Waals surface area contributed by atoms with Gasteiger partial charge in [0.1, 0.15) is 6.54 Å². The van der Waals surface area contributed by atoms with Crippen LogP contribution in [0.1, 0.15) is 16.1 Å². The molecule has 0 fully saturated rings. The lowest BCUT2D eigenvalue weighted by Gasteiger charge is -1.98. The molecule has 1 aromatic carbocycles. The molecule has 0 atom stereocenters. The molecule has 0 spiro atoms. The lowest BCUT2D eigenvalue weighted by molar-refractivity contribution is 0.0697. The molecule has 0 saturated carbocycles. The maximum Gasteiger partial charge on any atom is 0.335 e. The zero-order chi connectivity index (χ0) is 11.7. The van der Waals surface area contributed by atoms with Crippen molar-refractivity contribution in [2.45, 2.75) is 13.5 Å². The van der Waals surface area contributed by atoms with Crippen molar-refractivity contribution in [3.8, 4) is 12.3 Å². The third-order valence-corrected chi connectivity index (χ3v) is 2.42. The molecule has 0 aliphatic carbocycles. The van der Waals surface area contributed by atoms with E-state index < -0.39 is 5.97 Å². The first-order chi connectivity index (χ1) is 7.63. The van der Waals surface area contributed by atoms with Crippen molar-refractivity contribution >= 4 is 16.9 Å². The van der Waals surface area contributed by atoms with Gasteiger partial charge in [-0.3, -0.25) is 4.68 Å². The summed E-state index contributed by atoms with van der Waals surface area (Å²) in [6.45, 7) is 2.21. The van der Waals surface area contributed by atoms with Gasteiger partial charge in [-0.1, -0.05) is 12.0 Å². The average Bonchev–Trinajstić information content (AvgIpc) is 2.56. The summed E-state index contributed by atoms with van der Waals surface area (Å²) in [5, 5.41) is 14.1. The van der Waals surface area contributed by atoms with Gasteiger partial charge >= 0.3 is 5.97 Å². The third-order valence-electron chi connectivity index (χ3n) is 2.42. The van der Waals surface area contributed by atoms with E-state index in [-0.39, 0.29) is 5.56 Å². The molecule has 1 heterocycles. The van der Waals surface area contributed by atoms with Crippen LogP contribution in [0.25, 0.3) is 10.9 Å². The van der Waals surface area contributed by atoms with Gasteiger partial charge in [0.05, 0.1) is 16.8 Å². The SMILES string of the molecule is C#CCn1nc(C)c2ccc(C(=O)O)cc21. The van der Waals surface area contributed by atoms with Crippen LogP contribution < -0.4 is 0 Å². The number of fused-ring (bicyclic) bond motifs is 1. The first-order valence-corrected chi connectivity index (χ1v) is 4.77. The fourth-order valence-electron chi connectivity index (χ4n) is 1.68. The highest BCUT2D eigenvalue weighted by Crippen LogP contribution is 2.19. The number of aryl methyl sites for hydroxylation is 1. The number of hydrogen-bond acceptors (Lipinski definition) is 2. The Morgan fingerprint density at radius 3 is 3.00 bits per heavy atom. The number of terminal acetylenes is 1. The standard InChI is InChI=1S/C12H10N2O2/c1-3-6-14-11-7-9(12(15)16)4-5-10(11)8(2)13-14/h1,4-5,7H,6H2,2H3,(H,15,16). The summed E-state index contributed by atoms with van der Waals surface area (Å²) in [6.07, 6.45) is 5.23. The Balaban J connectivity index is 2.70. The number of benzene rings is 1. The molecule has 0 radical (unpaired) electrons. The van der Waals surface area contributed by atoms with Crippen molar-refractivity contribution in [3.05, 3.63) is 29.5 Å². The second-order valence-electron chi connectivity index (χ2n) is 3.48. The first-order valence-electron chi connectivity index (χ1n) is 4.77. The van der Waals surface area contributed by atoms with E-state index in [1.54, 1.807) is 22.9 Å². The normalized spacial score (nSPS) is 10.2. The molecule has 0 bridgehead atoms. The summed E-state index contributed by atoms with van der Waals surface area (Å²) in [7, 11) is 0. The zero-order valence-electron chi connectivity index (χ0n) is 8.77. The van der Waals surface area contributed by atoms with Gasteiger partial charge in [0.15, 0.2) is 0 Å². The molecule has 4 nitrogen and oxygen atoms in total. The Morgan fingerprint density at radius 2 is 2.38 bits per heavy atom. The molecule has 4 heteroatoms. The van der Waals surface area contributed by atoms with E-state index in [1.165, 1.54) is 0 Å². The van der Waals surface area contributed by atoms with Crippen molar-refractivity contribution in [3.63, 3.8) is 0 Å². The van der Waals surface area contributed by atoms with Crippen LogP contribution in [0.2, 0.25) is 0 Å². The Hall–Kier alpha value is -2.28. The van der Waals surface area contributed by atoms with Crippen molar-refractivity contribution in [2.75, 3.05) is 0 Å². The number of carboxylic acid groups (broad SMARTS) is 1. The topological polar surface area (TPSA) is 55.1 Å². The molecule has 2 aromatic rings. The predicted octanol–water partition coefficient (Wildman–Crippen LogP) is 1.68. The van der Waals surface area contributed by atoms with Gasteiger partial charge in [-0.2, -0.15) is 5.10 Å². The Kier molecular flexibility index (Phi) is 2.37. The number of aromatic nitrogens is 2. The highest BCUT2D eigenvalue weighted by atomic mass is 16.4. The number of hydrogen-bond donors (Lipinski definition) is 1. The fourth-order valence-corrected chi connectivity index (χ4v) is 1.68. The van der Waals surface area contributed by atoms with Gasteiger partial charge in [-0.05, 0) is 19.1 Å². The maximum atomic E-state index is 10.9.